The second-order valence-electron chi connectivity index (χ2n) is 7.59. The molecule has 0 aromatic rings. The summed E-state index contributed by atoms with van der Waals surface area (Å²) in [5.41, 5.74) is 0. The first-order valence-electron chi connectivity index (χ1n) is 11.6. The second kappa shape index (κ2) is 22.4. The third-order valence-corrected chi connectivity index (χ3v) is 4.92. The van der Waals surface area contributed by atoms with E-state index < -0.39 is 5.97 Å². The van der Waals surface area contributed by atoms with Gasteiger partial charge in [0.2, 0.25) is 0 Å². The fraction of sp³-hybridized carbons (Fsp3) is 0.913. The van der Waals surface area contributed by atoms with Crippen molar-refractivity contribution in [1.29, 1.82) is 0 Å². The van der Waals surface area contributed by atoms with Gasteiger partial charge in [-0.25, -0.2) is 0 Å². The average Bonchev–Trinajstić information content (AvgIpc) is 2.67. The van der Waals surface area contributed by atoms with E-state index in [2.05, 4.69) is 0 Å². The lowest BCUT2D eigenvalue weighted by molar-refractivity contribution is -0.137. The number of unbranched alkanes of at least 4 members (excludes halogenated alkanes) is 11. The lowest BCUT2D eigenvalue weighted by Gasteiger charge is -2.05. The average molecular weight is 401 g/mol. The van der Waals surface area contributed by atoms with Crippen molar-refractivity contribution >= 4 is 11.8 Å². The zero-order valence-electron chi connectivity index (χ0n) is 18.2. The number of hydrogen-bond donors (Lipinski definition) is 1. The van der Waals surface area contributed by atoms with Gasteiger partial charge in [-0.1, -0.05) is 64.2 Å². The molecule has 0 saturated heterocycles. The highest BCUT2D eigenvalue weighted by molar-refractivity contribution is 5.78. The number of rotatable bonds is 23. The van der Waals surface area contributed by atoms with Gasteiger partial charge in [0.15, 0.2) is 0 Å². The van der Waals surface area contributed by atoms with Gasteiger partial charge in [-0.3, -0.25) is 9.59 Å². The Morgan fingerprint density at radius 2 is 1.00 bits per heavy atom. The van der Waals surface area contributed by atoms with Crippen molar-refractivity contribution in [3.05, 3.63) is 0 Å². The van der Waals surface area contributed by atoms with Crippen molar-refractivity contribution < 1.29 is 24.2 Å². The van der Waals surface area contributed by atoms with E-state index in [1.165, 1.54) is 57.8 Å². The van der Waals surface area contributed by atoms with Crippen LogP contribution in [0.5, 0.6) is 0 Å². The number of carbonyl (C=O) groups is 2. The molecule has 0 unspecified atom stereocenters. The van der Waals surface area contributed by atoms with E-state index in [1.54, 1.807) is 0 Å². The van der Waals surface area contributed by atoms with Crippen LogP contribution in [-0.2, 0) is 19.1 Å². The predicted molar refractivity (Wildman–Crippen MR) is 114 cm³/mol. The van der Waals surface area contributed by atoms with E-state index in [0.29, 0.717) is 38.4 Å². The van der Waals surface area contributed by atoms with Crippen molar-refractivity contribution in [2.24, 2.45) is 0 Å². The molecule has 0 atom stereocenters. The first-order valence-corrected chi connectivity index (χ1v) is 11.6. The number of carboxylic acids is 1. The molecule has 0 aliphatic heterocycles. The molecule has 0 fully saturated rings. The van der Waals surface area contributed by atoms with Gasteiger partial charge in [0.1, 0.15) is 5.78 Å². The monoisotopic (exact) mass is 400 g/mol. The second-order valence-corrected chi connectivity index (χ2v) is 7.59. The van der Waals surface area contributed by atoms with E-state index in [-0.39, 0.29) is 0 Å². The van der Waals surface area contributed by atoms with Crippen molar-refractivity contribution in [3.8, 4) is 0 Å². The Hall–Kier alpha value is -0.940. The fourth-order valence-corrected chi connectivity index (χ4v) is 3.23. The number of aliphatic carboxylic acids is 1. The molecule has 0 spiro atoms. The summed E-state index contributed by atoms with van der Waals surface area (Å²) in [6, 6.07) is 0. The summed E-state index contributed by atoms with van der Waals surface area (Å²) in [5, 5.41) is 8.57. The van der Waals surface area contributed by atoms with Gasteiger partial charge in [0.25, 0.3) is 0 Å². The molecule has 0 saturated carbocycles. The smallest absolute Gasteiger partial charge is 0.303 e. The van der Waals surface area contributed by atoms with Crippen LogP contribution >= 0.6 is 0 Å². The SMILES string of the molecule is CCOCCOCCCC(=O)CCCCCCCCCCCCCCC(=O)O. The van der Waals surface area contributed by atoms with Crippen LogP contribution in [0.4, 0.5) is 0 Å². The molecule has 0 aromatic heterocycles. The van der Waals surface area contributed by atoms with Crippen LogP contribution < -0.4 is 0 Å². The quantitative estimate of drug-likeness (QED) is 0.215. The molecule has 0 amide bonds. The zero-order valence-corrected chi connectivity index (χ0v) is 18.2. The lowest BCUT2D eigenvalue weighted by Crippen LogP contribution is -2.06. The lowest BCUT2D eigenvalue weighted by atomic mass is 10.0. The van der Waals surface area contributed by atoms with Gasteiger partial charge >= 0.3 is 5.97 Å². The van der Waals surface area contributed by atoms with Gasteiger partial charge in [-0.2, -0.15) is 0 Å². The molecule has 5 heteroatoms. The Morgan fingerprint density at radius 3 is 1.50 bits per heavy atom. The van der Waals surface area contributed by atoms with Crippen LogP contribution in [0, 0.1) is 0 Å². The minimum atomic E-state index is -0.678. The highest BCUT2D eigenvalue weighted by Gasteiger charge is 2.02. The number of ether oxygens (including phenoxy) is 2. The van der Waals surface area contributed by atoms with Crippen molar-refractivity contribution in [3.63, 3.8) is 0 Å². The van der Waals surface area contributed by atoms with E-state index in [4.69, 9.17) is 14.6 Å². The van der Waals surface area contributed by atoms with Crippen LogP contribution in [0.2, 0.25) is 0 Å². The molecule has 28 heavy (non-hydrogen) atoms. The number of carboxylic acid groups (broad SMARTS) is 1. The minimum absolute atomic E-state index is 0.314. The maximum absolute atomic E-state index is 11.8. The topological polar surface area (TPSA) is 72.8 Å². The summed E-state index contributed by atoms with van der Waals surface area (Å²) in [7, 11) is 0. The van der Waals surface area contributed by atoms with Gasteiger partial charge in [0, 0.05) is 32.5 Å². The van der Waals surface area contributed by atoms with Crippen LogP contribution in [0.25, 0.3) is 0 Å². The number of carbonyl (C=O) groups excluding carboxylic acids is 1. The van der Waals surface area contributed by atoms with E-state index in [9.17, 15) is 9.59 Å². The minimum Gasteiger partial charge on any atom is -0.481 e. The van der Waals surface area contributed by atoms with Crippen LogP contribution in [-0.4, -0.2) is 43.3 Å². The molecular weight excluding hydrogens is 356 g/mol. The first-order chi connectivity index (χ1) is 13.7. The third-order valence-electron chi connectivity index (χ3n) is 4.92. The van der Waals surface area contributed by atoms with E-state index >= 15 is 0 Å². The largest absolute Gasteiger partial charge is 0.481 e. The Labute approximate surface area is 172 Å². The Balaban J connectivity index is 3.14. The standard InChI is InChI=1S/C23H44O5/c1-2-27-20-21-28-19-15-17-22(24)16-13-11-9-7-5-3-4-6-8-10-12-14-18-23(25)26/h2-21H2,1H3,(H,25,26). The molecule has 0 heterocycles. The summed E-state index contributed by atoms with van der Waals surface area (Å²) in [4.78, 5) is 22.2. The molecule has 5 nitrogen and oxygen atoms in total. The Morgan fingerprint density at radius 1 is 0.571 bits per heavy atom. The van der Waals surface area contributed by atoms with Gasteiger partial charge in [0.05, 0.1) is 13.2 Å². The molecule has 166 valence electrons. The summed E-state index contributed by atoms with van der Waals surface area (Å²) in [6.07, 6.45) is 16.7. The number of ketones is 1. The van der Waals surface area contributed by atoms with Gasteiger partial charge in [-0.15, -0.1) is 0 Å². The molecule has 1 N–H and O–H groups in total. The number of hydrogen-bond acceptors (Lipinski definition) is 4. The van der Waals surface area contributed by atoms with E-state index in [0.717, 1.165) is 38.7 Å². The van der Waals surface area contributed by atoms with Gasteiger partial charge < -0.3 is 14.6 Å². The summed E-state index contributed by atoms with van der Waals surface area (Å²) >= 11 is 0. The molecule has 0 aliphatic rings. The summed E-state index contributed by atoms with van der Waals surface area (Å²) in [6.45, 7) is 4.60. The molecule has 0 rings (SSSR count). The maximum Gasteiger partial charge on any atom is 0.303 e. The van der Waals surface area contributed by atoms with Crippen molar-refractivity contribution in [2.75, 3.05) is 26.4 Å². The third kappa shape index (κ3) is 23.1. The van der Waals surface area contributed by atoms with E-state index in [1.807, 2.05) is 6.92 Å². The molecule has 0 aliphatic carbocycles. The van der Waals surface area contributed by atoms with Gasteiger partial charge in [-0.05, 0) is 26.2 Å². The number of Topliss-reactive ketones (excluding diaryl/α,β-unsaturated/α-hetero) is 1. The van der Waals surface area contributed by atoms with Crippen molar-refractivity contribution in [2.45, 2.75) is 110 Å². The first kappa shape index (κ1) is 27.1. The van der Waals surface area contributed by atoms with Crippen LogP contribution in [0.3, 0.4) is 0 Å². The van der Waals surface area contributed by atoms with Crippen LogP contribution in [0.1, 0.15) is 110 Å². The predicted octanol–water partition coefficient (Wildman–Crippen LogP) is 5.93. The Kier molecular flexibility index (Phi) is 21.6. The normalized spacial score (nSPS) is 11.0. The van der Waals surface area contributed by atoms with Crippen LogP contribution in [0.15, 0.2) is 0 Å². The fourth-order valence-electron chi connectivity index (χ4n) is 3.23. The Bertz CT molecular complexity index is 357. The molecule has 0 bridgehead atoms. The molecule has 0 radical (unpaired) electrons. The maximum atomic E-state index is 11.8. The molecule has 0 aromatic carbocycles. The van der Waals surface area contributed by atoms with Crippen molar-refractivity contribution in [1.82, 2.24) is 0 Å². The highest BCUT2D eigenvalue weighted by Crippen LogP contribution is 2.13. The zero-order chi connectivity index (χ0) is 20.7. The summed E-state index contributed by atoms with van der Waals surface area (Å²) < 4.78 is 10.6. The summed E-state index contributed by atoms with van der Waals surface area (Å²) in [5.74, 6) is -0.306. The molecular formula is C23H44O5. The highest BCUT2D eigenvalue weighted by atomic mass is 16.5.